The highest BCUT2D eigenvalue weighted by Gasteiger charge is 2.07. The van der Waals surface area contributed by atoms with Crippen molar-refractivity contribution in [2.45, 2.75) is 6.42 Å². The van der Waals surface area contributed by atoms with Crippen molar-refractivity contribution in [3.63, 3.8) is 0 Å². The van der Waals surface area contributed by atoms with Gasteiger partial charge in [0.2, 0.25) is 5.95 Å². The zero-order chi connectivity index (χ0) is 13.7. The van der Waals surface area contributed by atoms with Crippen molar-refractivity contribution in [2.24, 2.45) is 5.84 Å². The van der Waals surface area contributed by atoms with Crippen LogP contribution in [-0.2, 0) is 9.53 Å². The van der Waals surface area contributed by atoms with Crippen LogP contribution in [0.5, 0.6) is 0 Å². The van der Waals surface area contributed by atoms with Crippen LogP contribution in [0.25, 0.3) is 10.9 Å². The van der Waals surface area contributed by atoms with Crippen molar-refractivity contribution in [3.05, 3.63) is 24.3 Å². The second-order valence-corrected chi connectivity index (χ2v) is 3.81. The molecule has 0 aliphatic rings. The van der Waals surface area contributed by atoms with E-state index in [1.807, 2.05) is 24.3 Å². The Morgan fingerprint density at radius 2 is 2.16 bits per heavy atom. The van der Waals surface area contributed by atoms with Crippen LogP contribution in [0.2, 0.25) is 0 Å². The molecule has 7 nitrogen and oxygen atoms in total. The highest BCUT2D eigenvalue weighted by Crippen LogP contribution is 2.21. The minimum atomic E-state index is -0.275. The van der Waals surface area contributed by atoms with E-state index in [0.29, 0.717) is 18.3 Å². The summed E-state index contributed by atoms with van der Waals surface area (Å²) in [4.78, 5) is 19.5. The summed E-state index contributed by atoms with van der Waals surface area (Å²) in [6.45, 7) is 0.428. The Hall–Kier alpha value is -2.41. The van der Waals surface area contributed by atoms with E-state index in [0.717, 1.165) is 10.9 Å². The first-order valence-electron chi connectivity index (χ1n) is 5.78. The number of nitrogens with two attached hydrogens (primary N) is 1. The van der Waals surface area contributed by atoms with Crippen molar-refractivity contribution < 1.29 is 9.53 Å². The summed E-state index contributed by atoms with van der Waals surface area (Å²) in [6, 6.07) is 7.54. The molecular weight excluding hydrogens is 246 g/mol. The van der Waals surface area contributed by atoms with Gasteiger partial charge in [-0.1, -0.05) is 12.1 Å². The number of rotatable bonds is 5. The second-order valence-electron chi connectivity index (χ2n) is 3.81. The number of hydrazine groups is 1. The average molecular weight is 261 g/mol. The van der Waals surface area contributed by atoms with Crippen molar-refractivity contribution in [2.75, 3.05) is 24.4 Å². The number of nitrogen functional groups attached to an aromatic ring is 1. The van der Waals surface area contributed by atoms with Gasteiger partial charge in [0, 0.05) is 11.9 Å². The lowest BCUT2D eigenvalue weighted by molar-refractivity contribution is -0.140. The zero-order valence-corrected chi connectivity index (χ0v) is 10.5. The molecule has 0 saturated carbocycles. The molecule has 1 aromatic heterocycles. The third kappa shape index (κ3) is 3.08. The molecule has 1 aromatic carbocycles. The number of aromatic nitrogens is 2. The average Bonchev–Trinajstić information content (AvgIpc) is 2.46. The maximum atomic E-state index is 11.1. The minimum Gasteiger partial charge on any atom is -0.469 e. The van der Waals surface area contributed by atoms with E-state index in [2.05, 4.69) is 25.4 Å². The van der Waals surface area contributed by atoms with E-state index in [1.165, 1.54) is 7.11 Å². The number of para-hydroxylation sites is 1. The predicted molar refractivity (Wildman–Crippen MR) is 72.5 cm³/mol. The topological polar surface area (TPSA) is 102 Å². The maximum absolute atomic E-state index is 11.1. The van der Waals surface area contributed by atoms with Crippen LogP contribution in [0, 0.1) is 0 Å². The molecule has 0 atom stereocenters. The molecule has 0 bridgehead atoms. The molecule has 100 valence electrons. The molecule has 7 heteroatoms. The second kappa shape index (κ2) is 5.96. The molecule has 0 aliphatic heterocycles. The van der Waals surface area contributed by atoms with Crippen LogP contribution >= 0.6 is 0 Å². The first kappa shape index (κ1) is 13.0. The van der Waals surface area contributed by atoms with Crippen LogP contribution in [0.1, 0.15) is 6.42 Å². The standard InChI is InChI=1S/C12H15N5O2/c1-19-10(18)6-7-14-11-8-4-2-3-5-9(8)15-12(16-11)17-13/h2-5H,6-7,13H2,1H3,(H2,14,15,16,17). The van der Waals surface area contributed by atoms with Crippen molar-refractivity contribution in [1.29, 1.82) is 0 Å². The molecule has 1 heterocycles. The van der Waals surface area contributed by atoms with Crippen LogP contribution < -0.4 is 16.6 Å². The molecule has 0 radical (unpaired) electrons. The van der Waals surface area contributed by atoms with Gasteiger partial charge in [0.1, 0.15) is 5.82 Å². The molecule has 0 fully saturated rings. The lowest BCUT2D eigenvalue weighted by atomic mass is 10.2. The fourth-order valence-corrected chi connectivity index (χ4v) is 1.66. The summed E-state index contributed by atoms with van der Waals surface area (Å²) in [7, 11) is 1.36. The summed E-state index contributed by atoms with van der Waals surface area (Å²) < 4.78 is 4.58. The first-order chi connectivity index (χ1) is 9.24. The smallest absolute Gasteiger partial charge is 0.307 e. The molecule has 0 amide bonds. The summed E-state index contributed by atoms with van der Waals surface area (Å²) >= 11 is 0. The molecule has 4 N–H and O–H groups in total. The van der Waals surface area contributed by atoms with E-state index in [9.17, 15) is 4.79 Å². The molecule has 2 rings (SSSR count). The zero-order valence-electron chi connectivity index (χ0n) is 10.5. The van der Waals surface area contributed by atoms with Crippen LogP contribution in [0.4, 0.5) is 11.8 Å². The SMILES string of the molecule is COC(=O)CCNc1nc(NN)nc2ccccc12. The van der Waals surface area contributed by atoms with Gasteiger partial charge < -0.3 is 10.1 Å². The Kier molecular flexibility index (Phi) is 4.09. The van der Waals surface area contributed by atoms with Crippen LogP contribution in [0.15, 0.2) is 24.3 Å². The molecule has 0 aliphatic carbocycles. The Morgan fingerprint density at radius 3 is 2.89 bits per heavy atom. The summed E-state index contributed by atoms with van der Waals surface area (Å²) in [5.41, 5.74) is 3.19. The van der Waals surface area contributed by atoms with Crippen molar-refractivity contribution >= 4 is 28.6 Å². The van der Waals surface area contributed by atoms with E-state index in [1.54, 1.807) is 0 Å². The number of carbonyl (C=O) groups excluding carboxylic acids is 1. The largest absolute Gasteiger partial charge is 0.469 e. The van der Waals surface area contributed by atoms with E-state index in [4.69, 9.17) is 5.84 Å². The number of ether oxygens (including phenoxy) is 1. The number of esters is 1. The maximum Gasteiger partial charge on any atom is 0.307 e. The number of nitrogens with one attached hydrogen (secondary N) is 2. The Labute approximate surface area is 110 Å². The fourth-order valence-electron chi connectivity index (χ4n) is 1.66. The van der Waals surface area contributed by atoms with E-state index < -0.39 is 0 Å². The number of hydrogen-bond donors (Lipinski definition) is 3. The highest BCUT2D eigenvalue weighted by molar-refractivity contribution is 5.90. The Bertz CT molecular complexity index is 587. The van der Waals surface area contributed by atoms with Gasteiger partial charge >= 0.3 is 5.97 Å². The van der Waals surface area contributed by atoms with Crippen molar-refractivity contribution in [3.8, 4) is 0 Å². The molecule has 2 aromatic rings. The number of carbonyl (C=O) groups is 1. The predicted octanol–water partition coefficient (Wildman–Crippen LogP) is 0.890. The van der Waals surface area contributed by atoms with Gasteiger partial charge in [0.05, 0.1) is 19.0 Å². The van der Waals surface area contributed by atoms with Gasteiger partial charge in [0.15, 0.2) is 0 Å². The summed E-state index contributed by atoms with van der Waals surface area (Å²) in [6.07, 6.45) is 0.264. The van der Waals surface area contributed by atoms with Gasteiger partial charge in [-0.2, -0.15) is 4.98 Å². The summed E-state index contributed by atoms with van der Waals surface area (Å²) in [5, 5.41) is 3.95. The van der Waals surface area contributed by atoms with Crippen LogP contribution in [-0.4, -0.2) is 29.6 Å². The van der Waals surface area contributed by atoms with E-state index >= 15 is 0 Å². The summed E-state index contributed by atoms with van der Waals surface area (Å²) in [5.74, 6) is 6.00. The number of fused-ring (bicyclic) bond motifs is 1. The number of methoxy groups -OCH3 is 1. The lowest BCUT2D eigenvalue weighted by Crippen LogP contribution is -2.14. The monoisotopic (exact) mass is 261 g/mol. The number of nitrogens with zero attached hydrogens (tertiary/aromatic N) is 2. The fraction of sp³-hybridized carbons (Fsp3) is 0.250. The molecular formula is C12H15N5O2. The van der Waals surface area contributed by atoms with E-state index in [-0.39, 0.29) is 12.4 Å². The third-order valence-corrected chi connectivity index (χ3v) is 2.58. The lowest BCUT2D eigenvalue weighted by Gasteiger charge is -2.09. The van der Waals surface area contributed by atoms with Gasteiger partial charge in [-0.15, -0.1) is 0 Å². The van der Waals surface area contributed by atoms with Gasteiger partial charge in [-0.05, 0) is 12.1 Å². The Balaban J connectivity index is 2.23. The molecule has 0 saturated heterocycles. The van der Waals surface area contributed by atoms with Crippen LogP contribution in [0.3, 0.4) is 0 Å². The molecule has 0 unspecified atom stereocenters. The Morgan fingerprint density at radius 1 is 1.37 bits per heavy atom. The number of anilines is 2. The minimum absolute atomic E-state index is 0.264. The quantitative estimate of drug-likeness (QED) is 0.417. The normalized spacial score (nSPS) is 10.2. The molecule has 0 spiro atoms. The highest BCUT2D eigenvalue weighted by atomic mass is 16.5. The third-order valence-electron chi connectivity index (χ3n) is 2.58. The first-order valence-corrected chi connectivity index (χ1v) is 5.78. The van der Waals surface area contributed by atoms with Gasteiger partial charge in [-0.25, -0.2) is 10.8 Å². The molecule has 19 heavy (non-hydrogen) atoms. The van der Waals surface area contributed by atoms with Gasteiger partial charge in [0.25, 0.3) is 0 Å². The van der Waals surface area contributed by atoms with Gasteiger partial charge in [-0.3, -0.25) is 10.2 Å². The number of hydrogen-bond acceptors (Lipinski definition) is 7. The number of benzene rings is 1. The van der Waals surface area contributed by atoms with Crippen molar-refractivity contribution in [1.82, 2.24) is 9.97 Å².